The van der Waals surface area contributed by atoms with Gasteiger partial charge in [0.1, 0.15) is 5.76 Å². The lowest BCUT2D eigenvalue weighted by atomic mass is 10.1. The van der Waals surface area contributed by atoms with E-state index < -0.39 is 11.9 Å². The fourth-order valence-electron chi connectivity index (χ4n) is 2.45. The molecule has 28 heavy (non-hydrogen) atoms. The van der Waals surface area contributed by atoms with Crippen molar-refractivity contribution >= 4 is 29.4 Å². The summed E-state index contributed by atoms with van der Waals surface area (Å²) in [6, 6.07) is 6.65. The molecule has 0 fully saturated rings. The third kappa shape index (κ3) is 4.34. The molecule has 0 radical (unpaired) electrons. The van der Waals surface area contributed by atoms with Gasteiger partial charge in [0.05, 0.1) is 17.6 Å². The van der Waals surface area contributed by atoms with Crippen LogP contribution in [0, 0.1) is 20.8 Å². The lowest BCUT2D eigenvalue weighted by Crippen LogP contribution is -2.35. The lowest BCUT2D eigenvalue weighted by Gasteiger charge is -2.08. The Balaban J connectivity index is 1.54. The van der Waals surface area contributed by atoms with Crippen LogP contribution in [0.15, 0.2) is 40.1 Å². The number of carbonyl (C=O) groups is 2. The van der Waals surface area contributed by atoms with Gasteiger partial charge in [0.25, 0.3) is 0 Å². The lowest BCUT2D eigenvalue weighted by molar-refractivity contribution is -0.117. The van der Waals surface area contributed by atoms with E-state index in [0.717, 1.165) is 28.5 Å². The molecule has 2 heterocycles. The Morgan fingerprint density at radius 2 is 1.96 bits per heavy atom. The van der Waals surface area contributed by atoms with Gasteiger partial charge in [-0.1, -0.05) is 17.8 Å². The number of thioether (sulfide) groups is 1. The highest BCUT2D eigenvalue weighted by atomic mass is 32.2. The minimum Gasteiger partial charge on any atom is -0.469 e. The van der Waals surface area contributed by atoms with Crippen LogP contribution < -0.4 is 16.5 Å². The van der Waals surface area contributed by atoms with Gasteiger partial charge in [-0.3, -0.25) is 10.1 Å². The Kier molecular flexibility index (Phi) is 5.69. The van der Waals surface area contributed by atoms with Gasteiger partial charge in [-0.2, -0.15) is 0 Å². The number of furan rings is 1. The summed E-state index contributed by atoms with van der Waals surface area (Å²) in [5.74, 6) is 6.57. The average Bonchev–Trinajstić information content (AvgIpc) is 3.21. The third-order valence-corrected chi connectivity index (χ3v) is 5.06. The summed E-state index contributed by atoms with van der Waals surface area (Å²) in [7, 11) is 0. The molecule has 0 bridgehead atoms. The predicted molar refractivity (Wildman–Crippen MR) is 106 cm³/mol. The van der Waals surface area contributed by atoms with Crippen LogP contribution in [-0.4, -0.2) is 32.6 Å². The number of rotatable bonds is 5. The highest BCUT2D eigenvalue weighted by Gasteiger charge is 2.17. The number of aromatic nitrogens is 3. The van der Waals surface area contributed by atoms with E-state index in [9.17, 15) is 9.59 Å². The van der Waals surface area contributed by atoms with Crippen LogP contribution >= 0.6 is 11.8 Å². The molecule has 0 aliphatic rings. The van der Waals surface area contributed by atoms with Crippen LogP contribution in [0.5, 0.6) is 0 Å². The molecule has 0 saturated heterocycles. The molecule has 4 N–H and O–H groups in total. The average molecular weight is 400 g/mol. The fraction of sp³-hybridized carbons (Fsp3) is 0.222. The Hall–Kier alpha value is -3.27. The molecular formula is C18H20N6O3S. The van der Waals surface area contributed by atoms with Crippen LogP contribution in [0.2, 0.25) is 0 Å². The van der Waals surface area contributed by atoms with Crippen LogP contribution in [-0.2, 0) is 4.79 Å². The molecule has 0 saturated carbocycles. The molecule has 3 amide bonds. The number of nitrogens with two attached hydrogens (primary N) is 1. The van der Waals surface area contributed by atoms with E-state index in [4.69, 9.17) is 10.3 Å². The number of nitrogens with zero attached hydrogens (tertiary/aromatic N) is 3. The fourth-order valence-corrected chi connectivity index (χ4v) is 3.11. The van der Waals surface area contributed by atoms with Crippen molar-refractivity contribution in [3.05, 3.63) is 47.4 Å². The largest absolute Gasteiger partial charge is 0.469 e. The molecule has 1 aromatic carbocycles. The SMILES string of the molecule is Cc1ccc(NC(=O)NC(=O)CSc2nnc(-c3ccoc3C)n2N)cc1C. The monoisotopic (exact) mass is 400 g/mol. The van der Waals surface area contributed by atoms with Gasteiger partial charge in [0, 0.05) is 5.69 Å². The van der Waals surface area contributed by atoms with Gasteiger partial charge >= 0.3 is 6.03 Å². The number of nitrogen functional groups attached to an aromatic ring is 1. The van der Waals surface area contributed by atoms with Crippen LogP contribution in [0.3, 0.4) is 0 Å². The molecule has 146 valence electrons. The summed E-state index contributed by atoms with van der Waals surface area (Å²) in [5, 5.41) is 13.3. The van der Waals surface area contributed by atoms with Gasteiger partial charge < -0.3 is 15.6 Å². The van der Waals surface area contributed by atoms with E-state index >= 15 is 0 Å². The number of anilines is 1. The predicted octanol–water partition coefficient (Wildman–Crippen LogP) is 2.62. The molecule has 3 rings (SSSR count). The summed E-state index contributed by atoms with van der Waals surface area (Å²) in [5.41, 5.74) is 3.50. The van der Waals surface area contributed by atoms with Crippen molar-refractivity contribution in [2.24, 2.45) is 0 Å². The van der Waals surface area contributed by atoms with E-state index in [1.165, 1.54) is 10.9 Å². The van der Waals surface area contributed by atoms with Crippen LogP contribution in [0.25, 0.3) is 11.4 Å². The topological polar surface area (TPSA) is 128 Å². The first-order valence-electron chi connectivity index (χ1n) is 8.41. The molecule has 0 aliphatic carbocycles. The summed E-state index contributed by atoms with van der Waals surface area (Å²) in [4.78, 5) is 24.0. The van der Waals surface area contributed by atoms with E-state index in [-0.39, 0.29) is 5.75 Å². The molecule has 0 atom stereocenters. The smallest absolute Gasteiger partial charge is 0.325 e. The summed E-state index contributed by atoms with van der Waals surface area (Å²) in [6.45, 7) is 5.72. The highest BCUT2D eigenvalue weighted by molar-refractivity contribution is 7.99. The van der Waals surface area contributed by atoms with E-state index in [0.29, 0.717) is 22.4 Å². The van der Waals surface area contributed by atoms with E-state index in [2.05, 4.69) is 20.8 Å². The van der Waals surface area contributed by atoms with Crippen molar-refractivity contribution in [3.63, 3.8) is 0 Å². The van der Waals surface area contributed by atoms with E-state index in [1.807, 2.05) is 26.0 Å². The third-order valence-electron chi connectivity index (χ3n) is 4.11. The Morgan fingerprint density at radius 3 is 2.64 bits per heavy atom. The molecule has 2 aromatic heterocycles. The van der Waals surface area contributed by atoms with Crippen molar-refractivity contribution in [1.82, 2.24) is 20.2 Å². The second kappa shape index (κ2) is 8.17. The molecule has 3 aromatic rings. The number of urea groups is 1. The maximum absolute atomic E-state index is 12.0. The zero-order valence-corrected chi connectivity index (χ0v) is 16.5. The summed E-state index contributed by atoms with van der Waals surface area (Å²) >= 11 is 1.07. The second-order valence-electron chi connectivity index (χ2n) is 6.16. The van der Waals surface area contributed by atoms with Crippen molar-refractivity contribution in [2.45, 2.75) is 25.9 Å². The van der Waals surface area contributed by atoms with Crippen LogP contribution in [0.1, 0.15) is 16.9 Å². The molecular weight excluding hydrogens is 380 g/mol. The van der Waals surface area contributed by atoms with Gasteiger partial charge in [-0.05, 0) is 50.1 Å². The minimum absolute atomic E-state index is 0.0416. The second-order valence-corrected chi connectivity index (χ2v) is 7.10. The van der Waals surface area contributed by atoms with Crippen molar-refractivity contribution in [3.8, 4) is 11.4 Å². The Labute approximate surface area is 165 Å². The summed E-state index contributed by atoms with van der Waals surface area (Å²) in [6.07, 6.45) is 1.54. The van der Waals surface area contributed by atoms with Gasteiger partial charge in [0.2, 0.25) is 11.1 Å². The van der Waals surface area contributed by atoms with Crippen molar-refractivity contribution in [2.75, 3.05) is 16.9 Å². The number of amides is 3. The zero-order chi connectivity index (χ0) is 20.3. The minimum atomic E-state index is -0.599. The first-order chi connectivity index (χ1) is 13.3. The normalized spacial score (nSPS) is 10.7. The first-order valence-corrected chi connectivity index (χ1v) is 9.39. The first kappa shape index (κ1) is 19.5. The van der Waals surface area contributed by atoms with Crippen molar-refractivity contribution < 1.29 is 14.0 Å². The quantitative estimate of drug-likeness (QED) is 0.443. The maximum Gasteiger partial charge on any atom is 0.325 e. The molecule has 0 aliphatic heterocycles. The molecule has 0 spiro atoms. The number of imide groups is 1. The number of carbonyl (C=O) groups excluding carboxylic acids is 2. The zero-order valence-electron chi connectivity index (χ0n) is 15.6. The van der Waals surface area contributed by atoms with Crippen LogP contribution in [0.4, 0.5) is 10.5 Å². The Bertz CT molecular complexity index is 1030. The van der Waals surface area contributed by atoms with E-state index in [1.54, 1.807) is 19.1 Å². The number of hydrogen-bond acceptors (Lipinski definition) is 7. The standard InChI is InChI=1S/C18H20N6O3S/c1-10-4-5-13(8-11(10)2)20-17(26)21-15(25)9-28-18-23-22-16(24(18)19)14-6-7-27-12(14)3/h4-8H,9,19H2,1-3H3,(H2,20,21,25,26). The molecule has 9 nitrogen and oxygen atoms in total. The van der Waals surface area contributed by atoms with Gasteiger partial charge in [0.15, 0.2) is 5.82 Å². The van der Waals surface area contributed by atoms with Crippen molar-refractivity contribution in [1.29, 1.82) is 0 Å². The number of benzene rings is 1. The Morgan fingerprint density at radius 1 is 1.18 bits per heavy atom. The van der Waals surface area contributed by atoms with Gasteiger partial charge in [-0.15, -0.1) is 10.2 Å². The molecule has 10 heteroatoms. The molecule has 0 unspecified atom stereocenters. The van der Waals surface area contributed by atoms with Gasteiger partial charge in [-0.25, -0.2) is 9.47 Å². The number of aryl methyl sites for hydroxylation is 3. The number of hydrogen-bond donors (Lipinski definition) is 3. The highest BCUT2D eigenvalue weighted by Crippen LogP contribution is 2.24. The maximum atomic E-state index is 12.0. The summed E-state index contributed by atoms with van der Waals surface area (Å²) < 4.78 is 6.52. The number of nitrogens with one attached hydrogen (secondary N) is 2.